The van der Waals surface area contributed by atoms with Crippen LogP contribution in [0.2, 0.25) is 0 Å². The molecule has 0 aliphatic carbocycles. The summed E-state index contributed by atoms with van der Waals surface area (Å²) in [6.07, 6.45) is 0. The number of benzene rings is 3. The van der Waals surface area contributed by atoms with Crippen molar-refractivity contribution in [3.8, 4) is 17.5 Å². The molecule has 0 amide bonds. The van der Waals surface area contributed by atoms with Gasteiger partial charge in [0.05, 0.1) is 22.7 Å². The average molecular weight is 309 g/mol. The Hall–Kier alpha value is -3.38. The molecule has 3 aromatic carbocycles. The topological polar surface area (TPSA) is 41.6 Å². The number of hydrogen-bond donors (Lipinski definition) is 0. The summed E-state index contributed by atoms with van der Waals surface area (Å²) in [5, 5.41) is 9.12. The maximum absolute atomic E-state index is 9.12. The lowest BCUT2D eigenvalue weighted by Crippen LogP contribution is -2.02. The van der Waals surface area contributed by atoms with Gasteiger partial charge in [0.1, 0.15) is 5.82 Å². The molecule has 0 unspecified atom stereocenters. The van der Waals surface area contributed by atoms with Crippen molar-refractivity contribution in [3.05, 3.63) is 90.0 Å². The van der Waals surface area contributed by atoms with Crippen molar-refractivity contribution in [1.29, 1.82) is 5.26 Å². The van der Waals surface area contributed by atoms with Crippen molar-refractivity contribution in [2.45, 2.75) is 6.54 Å². The van der Waals surface area contributed by atoms with Gasteiger partial charge < -0.3 is 4.57 Å². The van der Waals surface area contributed by atoms with Crippen molar-refractivity contribution in [1.82, 2.24) is 9.55 Å². The second-order valence-electron chi connectivity index (χ2n) is 5.69. The van der Waals surface area contributed by atoms with Gasteiger partial charge in [0.15, 0.2) is 0 Å². The van der Waals surface area contributed by atoms with E-state index >= 15 is 0 Å². The molecule has 1 heterocycles. The predicted molar refractivity (Wildman–Crippen MR) is 95.4 cm³/mol. The van der Waals surface area contributed by atoms with E-state index in [4.69, 9.17) is 10.2 Å². The third-order valence-electron chi connectivity index (χ3n) is 4.08. The number of aromatic nitrogens is 2. The highest BCUT2D eigenvalue weighted by atomic mass is 15.1. The lowest BCUT2D eigenvalue weighted by molar-refractivity contribution is 0.834. The summed E-state index contributed by atoms with van der Waals surface area (Å²) in [4.78, 5) is 4.82. The minimum atomic E-state index is 0.679. The second-order valence-corrected chi connectivity index (χ2v) is 5.69. The molecule has 0 N–H and O–H groups in total. The van der Waals surface area contributed by atoms with E-state index in [0.29, 0.717) is 12.1 Å². The van der Waals surface area contributed by atoms with E-state index in [0.717, 1.165) is 28.0 Å². The molecule has 4 aromatic rings. The summed E-state index contributed by atoms with van der Waals surface area (Å²) < 4.78 is 2.21. The fourth-order valence-corrected chi connectivity index (χ4v) is 2.96. The van der Waals surface area contributed by atoms with Crippen LogP contribution in [-0.4, -0.2) is 9.55 Å². The minimum Gasteiger partial charge on any atom is -0.319 e. The summed E-state index contributed by atoms with van der Waals surface area (Å²) in [7, 11) is 0. The zero-order chi connectivity index (χ0) is 16.4. The Balaban J connectivity index is 1.88. The molecule has 1 aromatic heterocycles. The molecule has 0 radical (unpaired) electrons. The Morgan fingerprint density at radius 3 is 2.50 bits per heavy atom. The van der Waals surface area contributed by atoms with Gasteiger partial charge in [0.2, 0.25) is 0 Å². The molecule has 0 aliphatic rings. The highest BCUT2D eigenvalue weighted by Crippen LogP contribution is 2.25. The van der Waals surface area contributed by atoms with Gasteiger partial charge in [-0.05, 0) is 29.8 Å². The van der Waals surface area contributed by atoms with Crippen LogP contribution >= 0.6 is 0 Å². The van der Waals surface area contributed by atoms with Crippen LogP contribution in [0.4, 0.5) is 0 Å². The first-order valence-corrected chi connectivity index (χ1v) is 7.85. The van der Waals surface area contributed by atoms with Gasteiger partial charge in [-0.2, -0.15) is 5.26 Å². The highest BCUT2D eigenvalue weighted by Gasteiger charge is 2.12. The van der Waals surface area contributed by atoms with Gasteiger partial charge in [0, 0.05) is 12.1 Å². The molecule has 0 spiro atoms. The van der Waals surface area contributed by atoms with Gasteiger partial charge in [0.25, 0.3) is 0 Å². The molecule has 4 rings (SSSR count). The molecule has 114 valence electrons. The number of para-hydroxylation sites is 2. The zero-order valence-corrected chi connectivity index (χ0v) is 13.1. The first-order chi connectivity index (χ1) is 11.8. The summed E-state index contributed by atoms with van der Waals surface area (Å²) >= 11 is 0. The van der Waals surface area contributed by atoms with E-state index in [2.05, 4.69) is 28.8 Å². The number of imidazole rings is 1. The van der Waals surface area contributed by atoms with Crippen LogP contribution in [0.15, 0.2) is 78.9 Å². The third-order valence-corrected chi connectivity index (χ3v) is 4.08. The van der Waals surface area contributed by atoms with Gasteiger partial charge in [-0.25, -0.2) is 4.98 Å². The lowest BCUT2D eigenvalue weighted by atomic mass is 10.1. The van der Waals surface area contributed by atoms with Crippen LogP contribution in [-0.2, 0) is 6.54 Å². The molecule has 3 heteroatoms. The SMILES string of the molecule is N#Cc1cccc(Cn2c(-c3ccccc3)nc3ccccc32)c1. The highest BCUT2D eigenvalue weighted by molar-refractivity contribution is 5.80. The fourth-order valence-electron chi connectivity index (χ4n) is 2.96. The number of rotatable bonds is 3. The van der Waals surface area contributed by atoms with Crippen molar-refractivity contribution >= 4 is 11.0 Å². The van der Waals surface area contributed by atoms with E-state index in [1.54, 1.807) is 0 Å². The molecule has 0 aliphatic heterocycles. The molecule has 0 saturated heterocycles. The van der Waals surface area contributed by atoms with Crippen molar-refractivity contribution in [2.75, 3.05) is 0 Å². The predicted octanol–water partition coefficient (Wildman–Crippen LogP) is 4.62. The maximum atomic E-state index is 9.12. The Bertz CT molecular complexity index is 1040. The number of fused-ring (bicyclic) bond motifs is 1. The fraction of sp³-hybridized carbons (Fsp3) is 0.0476. The Labute approximate surface area is 140 Å². The molecule has 3 nitrogen and oxygen atoms in total. The number of hydrogen-bond acceptors (Lipinski definition) is 2. The van der Waals surface area contributed by atoms with Gasteiger partial charge >= 0.3 is 0 Å². The van der Waals surface area contributed by atoms with E-state index in [1.165, 1.54) is 0 Å². The van der Waals surface area contributed by atoms with Crippen LogP contribution in [0.5, 0.6) is 0 Å². The smallest absolute Gasteiger partial charge is 0.141 e. The largest absolute Gasteiger partial charge is 0.319 e. The van der Waals surface area contributed by atoms with Gasteiger partial charge in [-0.1, -0.05) is 54.6 Å². The molecule has 0 bridgehead atoms. The molecule has 24 heavy (non-hydrogen) atoms. The van der Waals surface area contributed by atoms with Gasteiger partial charge in [-0.3, -0.25) is 0 Å². The van der Waals surface area contributed by atoms with E-state index < -0.39 is 0 Å². The average Bonchev–Trinajstić information content (AvgIpc) is 3.01. The minimum absolute atomic E-state index is 0.679. The Morgan fingerprint density at radius 2 is 1.67 bits per heavy atom. The van der Waals surface area contributed by atoms with Crippen molar-refractivity contribution in [2.24, 2.45) is 0 Å². The molecular formula is C21H15N3. The molecule has 0 saturated carbocycles. The van der Waals surface area contributed by atoms with Crippen LogP contribution < -0.4 is 0 Å². The second kappa shape index (κ2) is 6.02. The normalized spacial score (nSPS) is 10.6. The number of nitrogens with zero attached hydrogens (tertiary/aromatic N) is 3. The van der Waals surface area contributed by atoms with E-state index in [1.807, 2.05) is 60.7 Å². The maximum Gasteiger partial charge on any atom is 0.141 e. The summed E-state index contributed by atoms with van der Waals surface area (Å²) in [6, 6.07) is 28.3. The molecular weight excluding hydrogens is 294 g/mol. The third kappa shape index (κ3) is 2.55. The van der Waals surface area contributed by atoms with Crippen LogP contribution in [0.3, 0.4) is 0 Å². The van der Waals surface area contributed by atoms with Crippen molar-refractivity contribution in [3.63, 3.8) is 0 Å². The van der Waals surface area contributed by atoms with Crippen molar-refractivity contribution < 1.29 is 0 Å². The lowest BCUT2D eigenvalue weighted by Gasteiger charge is -2.10. The van der Waals surface area contributed by atoms with E-state index in [-0.39, 0.29) is 0 Å². The summed E-state index contributed by atoms with van der Waals surface area (Å²) in [6.45, 7) is 0.681. The number of nitriles is 1. The summed E-state index contributed by atoms with van der Waals surface area (Å²) in [5.41, 5.74) is 4.93. The standard InChI is InChI=1S/C21H15N3/c22-14-16-7-6-8-17(13-16)15-24-20-12-5-4-11-19(20)23-21(24)18-9-2-1-3-10-18/h1-13H,15H2. The Morgan fingerprint density at radius 1 is 0.875 bits per heavy atom. The molecule has 0 fully saturated rings. The first-order valence-electron chi connectivity index (χ1n) is 7.85. The van der Waals surface area contributed by atoms with Crippen LogP contribution in [0, 0.1) is 11.3 Å². The van der Waals surface area contributed by atoms with Crippen LogP contribution in [0.1, 0.15) is 11.1 Å². The van der Waals surface area contributed by atoms with E-state index in [9.17, 15) is 0 Å². The van der Waals surface area contributed by atoms with Gasteiger partial charge in [-0.15, -0.1) is 0 Å². The van der Waals surface area contributed by atoms with Crippen LogP contribution in [0.25, 0.3) is 22.4 Å². The molecule has 0 atom stereocenters. The first kappa shape index (κ1) is 14.2. The summed E-state index contributed by atoms with van der Waals surface area (Å²) in [5.74, 6) is 0.944. The zero-order valence-electron chi connectivity index (χ0n) is 13.1. The quantitative estimate of drug-likeness (QED) is 0.554. The Kier molecular flexibility index (Phi) is 3.57. The monoisotopic (exact) mass is 309 g/mol.